The summed E-state index contributed by atoms with van der Waals surface area (Å²) in [5.41, 5.74) is -4.39. The van der Waals surface area contributed by atoms with Crippen molar-refractivity contribution in [3.8, 4) is 0 Å². The number of benzene rings is 1. The topological polar surface area (TPSA) is 72.5 Å². The van der Waals surface area contributed by atoms with Gasteiger partial charge in [0.1, 0.15) is 12.9 Å². The maximum atomic E-state index is 14.4. The fraction of sp³-hybridized carbons (Fsp3) is 0.640. The van der Waals surface area contributed by atoms with Crippen molar-refractivity contribution in [3.05, 3.63) is 48.6 Å². The average Bonchev–Trinajstić information content (AvgIpc) is 3.29. The lowest BCUT2D eigenvalue weighted by atomic mass is 9.66. The Labute approximate surface area is 203 Å². The fourth-order valence-corrected chi connectivity index (χ4v) is 5.03. The molecular formula is C25H33F3O7. The highest BCUT2D eigenvalue weighted by molar-refractivity contribution is 5.83. The second kappa shape index (κ2) is 11.4. The van der Waals surface area contributed by atoms with Crippen LogP contribution in [-0.2, 0) is 38.8 Å². The number of hydrogen-bond donors (Lipinski definition) is 0. The van der Waals surface area contributed by atoms with Crippen LogP contribution in [0.15, 0.2) is 43.0 Å². The molecule has 0 amide bonds. The molecule has 1 aliphatic heterocycles. The summed E-state index contributed by atoms with van der Waals surface area (Å²) in [7, 11) is 2.27. The summed E-state index contributed by atoms with van der Waals surface area (Å²) >= 11 is 0. The third-order valence-corrected chi connectivity index (χ3v) is 6.95. The zero-order chi connectivity index (χ0) is 25.6. The van der Waals surface area contributed by atoms with Crippen LogP contribution < -0.4 is 0 Å². The molecule has 1 aromatic carbocycles. The van der Waals surface area contributed by atoms with E-state index in [1.807, 2.05) is 0 Å². The molecule has 0 unspecified atom stereocenters. The fourth-order valence-electron chi connectivity index (χ4n) is 5.03. The molecule has 35 heavy (non-hydrogen) atoms. The molecule has 1 spiro atoms. The van der Waals surface area contributed by atoms with Gasteiger partial charge in [0.25, 0.3) is 5.60 Å². The van der Waals surface area contributed by atoms with Crippen LogP contribution in [0.3, 0.4) is 0 Å². The zero-order valence-corrected chi connectivity index (χ0v) is 20.1. The van der Waals surface area contributed by atoms with Crippen LogP contribution in [0.1, 0.15) is 37.7 Å². The monoisotopic (exact) mass is 502 g/mol. The summed E-state index contributed by atoms with van der Waals surface area (Å²) in [6.45, 7) is 4.54. The van der Waals surface area contributed by atoms with Crippen molar-refractivity contribution < 1.29 is 46.4 Å². The van der Waals surface area contributed by atoms with E-state index in [2.05, 4.69) is 6.58 Å². The van der Waals surface area contributed by atoms with Crippen LogP contribution >= 0.6 is 0 Å². The molecule has 10 heteroatoms. The van der Waals surface area contributed by atoms with E-state index in [1.165, 1.54) is 31.4 Å². The van der Waals surface area contributed by atoms with E-state index < -0.39 is 35.1 Å². The summed E-state index contributed by atoms with van der Waals surface area (Å²) < 4.78 is 75.9. The summed E-state index contributed by atoms with van der Waals surface area (Å²) in [5, 5.41) is 0. The summed E-state index contributed by atoms with van der Waals surface area (Å²) in [4.78, 5) is 13.4. The molecule has 196 valence electrons. The van der Waals surface area contributed by atoms with Crippen molar-refractivity contribution in [1.29, 1.82) is 0 Å². The molecule has 3 rings (SSSR count). The second-order valence-electron chi connectivity index (χ2n) is 8.88. The van der Waals surface area contributed by atoms with Gasteiger partial charge in [0.15, 0.2) is 5.79 Å². The normalized spacial score (nSPS) is 21.9. The van der Waals surface area contributed by atoms with Crippen molar-refractivity contribution in [2.45, 2.75) is 55.8 Å². The number of rotatable bonds is 11. The first-order valence-electron chi connectivity index (χ1n) is 11.5. The van der Waals surface area contributed by atoms with Crippen LogP contribution in [0.25, 0.3) is 0 Å². The molecule has 0 aromatic heterocycles. The van der Waals surface area contributed by atoms with Crippen molar-refractivity contribution in [2.75, 3.05) is 40.8 Å². The second-order valence-corrected chi connectivity index (χ2v) is 8.88. The Balaban J connectivity index is 1.94. The SMILES string of the molecule is C=CCC1([C@H](COCOC)OC(=O)[C@](OC)(c2ccccc2)C(F)(F)F)CCC2(CC1)OCCO2. The number of halogens is 3. The van der Waals surface area contributed by atoms with Crippen molar-refractivity contribution in [2.24, 2.45) is 5.41 Å². The maximum absolute atomic E-state index is 14.4. The molecule has 1 aliphatic carbocycles. The van der Waals surface area contributed by atoms with E-state index in [4.69, 9.17) is 28.4 Å². The Kier molecular flexibility index (Phi) is 8.98. The number of allylic oxidation sites excluding steroid dienone is 1. The van der Waals surface area contributed by atoms with Gasteiger partial charge in [-0.1, -0.05) is 36.4 Å². The third-order valence-electron chi connectivity index (χ3n) is 6.95. The molecule has 2 atom stereocenters. The average molecular weight is 503 g/mol. The largest absolute Gasteiger partial charge is 0.457 e. The van der Waals surface area contributed by atoms with E-state index in [-0.39, 0.29) is 19.0 Å². The molecule has 7 nitrogen and oxygen atoms in total. The first-order chi connectivity index (χ1) is 16.7. The Morgan fingerprint density at radius 1 is 1.11 bits per heavy atom. The van der Waals surface area contributed by atoms with Crippen LogP contribution in [-0.4, -0.2) is 64.9 Å². The van der Waals surface area contributed by atoms with Crippen molar-refractivity contribution in [3.63, 3.8) is 0 Å². The van der Waals surface area contributed by atoms with Crippen LogP contribution in [0.5, 0.6) is 0 Å². The Bertz CT molecular complexity index is 829. The molecule has 1 heterocycles. The lowest BCUT2D eigenvalue weighted by Crippen LogP contribution is -2.55. The Hall–Kier alpha value is -1.98. The number of carbonyl (C=O) groups excluding carboxylic acids is 1. The van der Waals surface area contributed by atoms with E-state index in [9.17, 15) is 18.0 Å². The first-order valence-corrected chi connectivity index (χ1v) is 11.5. The summed E-state index contributed by atoms with van der Waals surface area (Å²) in [5.74, 6) is -2.26. The van der Waals surface area contributed by atoms with E-state index >= 15 is 0 Å². The lowest BCUT2D eigenvalue weighted by molar-refractivity contribution is -0.282. The predicted octanol–water partition coefficient (Wildman–Crippen LogP) is 4.50. The highest BCUT2D eigenvalue weighted by atomic mass is 19.4. The minimum absolute atomic E-state index is 0.109. The molecular weight excluding hydrogens is 469 g/mol. The number of esters is 1. The van der Waals surface area contributed by atoms with Gasteiger partial charge in [0, 0.05) is 38.0 Å². The smallest absolute Gasteiger partial charge is 0.432 e. The lowest BCUT2D eigenvalue weighted by Gasteiger charge is -2.47. The molecule has 0 N–H and O–H groups in total. The van der Waals surface area contributed by atoms with Crippen LogP contribution in [0.2, 0.25) is 0 Å². The predicted molar refractivity (Wildman–Crippen MR) is 119 cm³/mol. The van der Waals surface area contributed by atoms with Crippen LogP contribution in [0, 0.1) is 5.41 Å². The third kappa shape index (κ3) is 5.56. The van der Waals surface area contributed by atoms with E-state index in [0.29, 0.717) is 45.3 Å². The van der Waals surface area contributed by atoms with Gasteiger partial charge in [-0.2, -0.15) is 13.2 Å². The molecule has 2 aliphatic rings. The molecule has 1 aromatic rings. The molecule has 1 saturated carbocycles. The van der Waals surface area contributed by atoms with Crippen molar-refractivity contribution >= 4 is 5.97 Å². The minimum atomic E-state index is -5.08. The number of ether oxygens (including phenoxy) is 6. The highest BCUT2D eigenvalue weighted by Gasteiger charge is 2.65. The van der Waals surface area contributed by atoms with Crippen molar-refractivity contribution in [1.82, 2.24) is 0 Å². The van der Waals surface area contributed by atoms with Gasteiger partial charge < -0.3 is 28.4 Å². The van der Waals surface area contributed by atoms with Gasteiger partial charge in [0.2, 0.25) is 0 Å². The van der Waals surface area contributed by atoms with Gasteiger partial charge in [-0.05, 0) is 19.3 Å². The van der Waals surface area contributed by atoms with Gasteiger partial charge >= 0.3 is 12.1 Å². The number of hydrogen-bond acceptors (Lipinski definition) is 7. The van der Waals surface area contributed by atoms with E-state index in [0.717, 1.165) is 7.11 Å². The Morgan fingerprint density at radius 2 is 1.74 bits per heavy atom. The summed E-state index contributed by atoms with van der Waals surface area (Å²) in [6, 6.07) is 6.74. The zero-order valence-electron chi connectivity index (χ0n) is 20.1. The minimum Gasteiger partial charge on any atom is -0.457 e. The van der Waals surface area contributed by atoms with Gasteiger partial charge in [0.05, 0.1) is 19.8 Å². The summed E-state index contributed by atoms with van der Waals surface area (Å²) in [6.07, 6.45) is -2.06. The standard InChI is InChI=1S/C25H33F3O7/c1-4-10-22(11-13-23(14-12-22)33-15-16-34-23)20(17-32-18-30-2)35-21(29)24(31-3,25(26,27)28)19-8-6-5-7-9-19/h4-9,20H,1,10-18H2,2-3H3/t20-,24+/m0/s1. The molecule has 1 saturated heterocycles. The molecule has 2 fully saturated rings. The highest BCUT2D eigenvalue weighted by Crippen LogP contribution is 2.51. The number of methoxy groups -OCH3 is 2. The van der Waals surface area contributed by atoms with Gasteiger partial charge in [-0.3, -0.25) is 0 Å². The van der Waals surface area contributed by atoms with E-state index in [1.54, 1.807) is 12.1 Å². The maximum Gasteiger partial charge on any atom is 0.432 e. The van der Waals surface area contributed by atoms with Gasteiger partial charge in [-0.15, -0.1) is 6.58 Å². The number of alkyl halides is 3. The first kappa shape index (κ1) is 27.6. The Morgan fingerprint density at radius 3 is 2.26 bits per heavy atom. The van der Waals surface area contributed by atoms with Gasteiger partial charge in [-0.25, -0.2) is 4.79 Å². The molecule has 0 radical (unpaired) electrons. The van der Waals surface area contributed by atoms with Crippen LogP contribution in [0.4, 0.5) is 13.2 Å². The molecule has 0 bridgehead atoms. The number of carbonyl (C=O) groups is 1. The quantitative estimate of drug-likeness (QED) is 0.191.